The van der Waals surface area contributed by atoms with Crippen molar-refractivity contribution in [3.05, 3.63) is 60.2 Å². The van der Waals surface area contributed by atoms with Crippen LogP contribution in [0.15, 0.2) is 27.8 Å². The summed E-state index contributed by atoms with van der Waals surface area (Å²) in [5.41, 5.74) is 5.02. The standard InChI is InChI=1S/C16H18Cl2N4O3/c1-8(10-5-4-9(17)6-11(10)18)20-7-12(23)13-14(19)21(2)16(25)22(3)15(13)24/h4-6,8,20H,7,19H2,1-3H3/t8-/m1/s1. The van der Waals surface area contributed by atoms with E-state index in [1.165, 1.54) is 14.1 Å². The molecule has 0 saturated carbocycles. The molecule has 0 aliphatic rings. The van der Waals surface area contributed by atoms with Crippen molar-refractivity contribution < 1.29 is 4.79 Å². The van der Waals surface area contributed by atoms with Crippen LogP contribution in [0.5, 0.6) is 0 Å². The second-order valence-corrected chi connectivity index (χ2v) is 6.50. The Morgan fingerprint density at radius 2 is 1.88 bits per heavy atom. The predicted molar refractivity (Wildman–Crippen MR) is 98.5 cm³/mol. The molecule has 2 rings (SSSR count). The SMILES string of the molecule is C[C@@H](NCC(=O)c1c(N)n(C)c(=O)n(C)c1=O)c1ccc(Cl)cc1Cl. The van der Waals surface area contributed by atoms with Crippen LogP contribution in [0, 0.1) is 0 Å². The largest absolute Gasteiger partial charge is 0.384 e. The monoisotopic (exact) mass is 384 g/mol. The fourth-order valence-electron chi connectivity index (χ4n) is 2.42. The van der Waals surface area contributed by atoms with Crippen molar-refractivity contribution in [3.63, 3.8) is 0 Å². The normalized spacial score (nSPS) is 12.2. The molecular weight excluding hydrogens is 367 g/mol. The lowest BCUT2D eigenvalue weighted by Crippen LogP contribution is -2.43. The first-order valence-electron chi connectivity index (χ1n) is 7.42. The number of hydrogen-bond acceptors (Lipinski definition) is 5. The zero-order valence-electron chi connectivity index (χ0n) is 14.0. The molecule has 3 N–H and O–H groups in total. The van der Waals surface area contributed by atoms with Gasteiger partial charge in [0.1, 0.15) is 11.4 Å². The van der Waals surface area contributed by atoms with Crippen LogP contribution < -0.4 is 22.3 Å². The number of carbonyl (C=O) groups excluding carboxylic acids is 1. The zero-order chi connectivity index (χ0) is 18.9. The van der Waals surface area contributed by atoms with E-state index in [2.05, 4.69) is 5.32 Å². The van der Waals surface area contributed by atoms with E-state index in [4.69, 9.17) is 28.9 Å². The lowest BCUT2D eigenvalue weighted by molar-refractivity contribution is 0.0986. The number of anilines is 1. The summed E-state index contributed by atoms with van der Waals surface area (Å²) >= 11 is 12.0. The second-order valence-electron chi connectivity index (χ2n) is 5.66. The summed E-state index contributed by atoms with van der Waals surface area (Å²) in [6.45, 7) is 1.68. The summed E-state index contributed by atoms with van der Waals surface area (Å²) < 4.78 is 1.91. The number of benzene rings is 1. The molecule has 0 unspecified atom stereocenters. The third kappa shape index (κ3) is 3.78. The Labute approximate surface area is 154 Å². The van der Waals surface area contributed by atoms with Gasteiger partial charge in [-0.25, -0.2) is 4.79 Å². The van der Waals surface area contributed by atoms with Crippen LogP contribution >= 0.6 is 23.2 Å². The Morgan fingerprint density at radius 1 is 1.24 bits per heavy atom. The van der Waals surface area contributed by atoms with Crippen molar-refractivity contribution in [2.75, 3.05) is 12.3 Å². The van der Waals surface area contributed by atoms with Gasteiger partial charge in [-0.1, -0.05) is 29.3 Å². The molecule has 0 radical (unpaired) electrons. The summed E-state index contributed by atoms with van der Waals surface area (Å²) in [7, 11) is 2.70. The van der Waals surface area contributed by atoms with E-state index < -0.39 is 17.0 Å². The van der Waals surface area contributed by atoms with Crippen molar-refractivity contribution in [1.29, 1.82) is 0 Å². The first-order valence-corrected chi connectivity index (χ1v) is 8.17. The molecule has 0 saturated heterocycles. The summed E-state index contributed by atoms with van der Waals surface area (Å²) in [6.07, 6.45) is 0. The highest BCUT2D eigenvalue weighted by molar-refractivity contribution is 6.35. The van der Waals surface area contributed by atoms with Gasteiger partial charge in [-0.2, -0.15) is 0 Å². The first kappa shape index (κ1) is 19.2. The molecule has 1 aromatic carbocycles. The molecule has 9 heteroatoms. The topological polar surface area (TPSA) is 99.1 Å². The molecule has 0 bridgehead atoms. The molecule has 1 aromatic heterocycles. The quantitative estimate of drug-likeness (QED) is 0.761. The maximum absolute atomic E-state index is 12.5. The summed E-state index contributed by atoms with van der Waals surface area (Å²) in [4.78, 5) is 36.4. The summed E-state index contributed by atoms with van der Waals surface area (Å²) in [5.74, 6) is -0.664. The van der Waals surface area contributed by atoms with E-state index in [9.17, 15) is 14.4 Å². The maximum atomic E-state index is 12.5. The number of nitrogens with zero attached hydrogens (tertiary/aromatic N) is 2. The molecule has 25 heavy (non-hydrogen) atoms. The Morgan fingerprint density at radius 3 is 2.48 bits per heavy atom. The van der Waals surface area contributed by atoms with E-state index in [-0.39, 0.29) is 24.0 Å². The predicted octanol–water partition coefficient (Wildman–Crippen LogP) is 1.51. The molecule has 1 heterocycles. The lowest BCUT2D eigenvalue weighted by atomic mass is 10.1. The van der Waals surface area contributed by atoms with E-state index in [1.807, 2.05) is 6.92 Å². The molecule has 0 aliphatic heterocycles. The number of nitrogens with one attached hydrogen (secondary N) is 1. The van der Waals surface area contributed by atoms with Crippen LogP contribution in [0.3, 0.4) is 0 Å². The summed E-state index contributed by atoms with van der Waals surface area (Å²) in [6, 6.07) is 4.81. The molecule has 134 valence electrons. The van der Waals surface area contributed by atoms with Gasteiger partial charge in [-0.3, -0.25) is 18.7 Å². The highest BCUT2D eigenvalue weighted by Crippen LogP contribution is 2.26. The lowest BCUT2D eigenvalue weighted by Gasteiger charge is -2.16. The van der Waals surface area contributed by atoms with Crippen LogP contribution in [0.2, 0.25) is 10.0 Å². The molecular formula is C16H18Cl2N4O3. The van der Waals surface area contributed by atoms with Crippen molar-refractivity contribution in [3.8, 4) is 0 Å². The Hall–Kier alpha value is -2.09. The molecule has 0 fully saturated rings. The Bertz CT molecular complexity index is 950. The summed E-state index contributed by atoms with van der Waals surface area (Å²) in [5, 5.41) is 3.98. The zero-order valence-corrected chi connectivity index (χ0v) is 15.5. The maximum Gasteiger partial charge on any atom is 0.332 e. The van der Waals surface area contributed by atoms with Crippen LogP contribution in [0.4, 0.5) is 5.82 Å². The molecule has 7 nitrogen and oxygen atoms in total. The van der Waals surface area contributed by atoms with E-state index >= 15 is 0 Å². The van der Waals surface area contributed by atoms with Crippen LogP contribution in [0.25, 0.3) is 0 Å². The second kappa shape index (κ2) is 7.43. The number of aromatic nitrogens is 2. The van der Waals surface area contributed by atoms with Crippen LogP contribution in [0.1, 0.15) is 28.9 Å². The number of carbonyl (C=O) groups is 1. The number of nitrogens with two attached hydrogens (primary N) is 1. The minimum absolute atomic E-state index is 0.141. The smallest absolute Gasteiger partial charge is 0.332 e. The fraction of sp³-hybridized carbons (Fsp3) is 0.312. The fourth-order valence-corrected chi connectivity index (χ4v) is 2.99. The van der Waals surface area contributed by atoms with E-state index in [0.29, 0.717) is 10.0 Å². The van der Waals surface area contributed by atoms with Crippen LogP contribution in [-0.4, -0.2) is 21.5 Å². The van der Waals surface area contributed by atoms with Crippen molar-refractivity contribution in [2.45, 2.75) is 13.0 Å². The average Bonchev–Trinajstić information content (AvgIpc) is 2.56. The van der Waals surface area contributed by atoms with Crippen LogP contribution in [-0.2, 0) is 14.1 Å². The minimum Gasteiger partial charge on any atom is -0.384 e. The third-order valence-corrected chi connectivity index (χ3v) is 4.55. The average molecular weight is 385 g/mol. The molecule has 1 atom stereocenters. The van der Waals surface area contributed by atoms with Gasteiger partial charge in [-0.05, 0) is 24.6 Å². The number of hydrogen-bond donors (Lipinski definition) is 2. The first-order chi connectivity index (χ1) is 11.6. The van der Waals surface area contributed by atoms with Crippen molar-refractivity contribution >= 4 is 34.8 Å². The van der Waals surface area contributed by atoms with Gasteiger partial charge in [-0.15, -0.1) is 0 Å². The van der Waals surface area contributed by atoms with Gasteiger partial charge in [0, 0.05) is 30.2 Å². The van der Waals surface area contributed by atoms with E-state index in [0.717, 1.165) is 14.7 Å². The van der Waals surface area contributed by atoms with Crippen molar-refractivity contribution in [2.24, 2.45) is 14.1 Å². The van der Waals surface area contributed by atoms with Crippen molar-refractivity contribution in [1.82, 2.24) is 14.5 Å². The van der Waals surface area contributed by atoms with Gasteiger partial charge < -0.3 is 11.1 Å². The number of halogens is 2. The highest BCUT2D eigenvalue weighted by atomic mass is 35.5. The van der Waals surface area contributed by atoms with Gasteiger partial charge in [0.15, 0.2) is 5.78 Å². The van der Waals surface area contributed by atoms with Gasteiger partial charge >= 0.3 is 5.69 Å². The minimum atomic E-state index is -0.718. The number of nitrogen functional groups attached to an aromatic ring is 1. The Kier molecular flexibility index (Phi) is 5.72. The van der Waals surface area contributed by atoms with Gasteiger partial charge in [0.05, 0.1) is 6.54 Å². The molecule has 0 spiro atoms. The molecule has 0 aliphatic carbocycles. The molecule has 0 amide bonds. The molecule has 2 aromatic rings. The number of rotatable bonds is 5. The number of ketones is 1. The highest BCUT2D eigenvalue weighted by Gasteiger charge is 2.21. The number of Topliss-reactive ketones (excluding diaryl/α,β-unsaturated/α-hetero) is 1. The van der Waals surface area contributed by atoms with Gasteiger partial charge in [0.2, 0.25) is 0 Å². The van der Waals surface area contributed by atoms with E-state index in [1.54, 1.807) is 18.2 Å². The van der Waals surface area contributed by atoms with Gasteiger partial charge in [0.25, 0.3) is 5.56 Å². The third-order valence-electron chi connectivity index (χ3n) is 3.99. The Balaban J connectivity index is 2.24.